The van der Waals surface area contributed by atoms with Gasteiger partial charge < -0.3 is 10.1 Å². The monoisotopic (exact) mass is 331 g/mol. The second kappa shape index (κ2) is 8.49. The van der Waals surface area contributed by atoms with Crippen LogP contribution in [0.15, 0.2) is 24.3 Å². The Kier molecular flexibility index (Phi) is 6.10. The van der Waals surface area contributed by atoms with Gasteiger partial charge in [0, 0.05) is 38.8 Å². The smallest absolute Gasteiger partial charge is 0.234 e. The molecule has 5 heteroatoms. The highest BCUT2D eigenvalue weighted by molar-refractivity contribution is 5.78. The topological polar surface area (TPSA) is 44.8 Å². The molecule has 132 valence electrons. The highest BCUT2D eigenvalue weighted by Crippen LogP contribution is 2.24. The van der Waals surface area contributed by atoms with Crippen molar-refractivity contribution in [1.82, 2.24) is 15.1 Å². The van der Waals surface area contributed by atoms with E-state index in [0.717, 1.165) is 43.5 Å². The molecular weight excluding hydrogens is 302 g/mol. The lowest BCUT2D eigenvalue weighted by molar-refractivity contribution is -0.122. The van der Waals surface area contributed by atoms with E-state index >= 15 is 0 Å². The molecule has 2 fully saturated rings. The molecule has 1 amide bonds. The fourth-order valence-electron chi connectivity index (χ4n) is 3.76. The molecule has 0 aromatic heterocycles. The predicted molar refractivity (Wildman–Crippen MR) is 95.1 cm³/mol. The lowest BCUT2D eigenvalue weighted by Crippen LogP contribution is -2.51. The largest absolute Gasteiger partial charge is 0.497 e. The first kappa shape index (κ1) is 17.2. The van der Waals surface area contributed by atoms with E-state index in [0.29, 0.717) is 13.1 Å². The second-order valence-electron chi connectivity index (χ2n) is 6.88. The molecule has 0 spiro atoms. The number of carbonyl (C=O) groups is 1. The molecule has 1 N–H and O–H groups in total. The number of carbonyl (C=O) groups excluding carboxylic acids is 1. The first-order chi connectivity index (χ1) is 11.7. The standard InChI is InChI=1S/C19H29N3O2/c1-24-18-8-6-16(7-9-18)14-20-19(23)15-21-10-12-22(13-11-21)17-4-2-3-5-17/h6-9,17H,2-5,10-15H2,1H3,(H,20,23). The Morgan fingerprint density at radius 1 is 1.12 bits per heavy atom. The minimum Gasteiger partial charge on any atom is -0.497 e. The average molecular weight is 331 g/mol. The number of nitrogens with zero attached hydrogens (tertiary/aromatic N) is 2. The fraction of sp³-hybridized carbons (Fsp3) is 0.632. The number of methoxy groups -OCH3 is 1. The molecule has 1 aromatic rings. The van der Waals surface area contributed by atoms with Gasteiger partial charge in [-0.05, 0) is 30.5 Å². The molecular formula is C19H29N3O2. The third-order valence-electron chi connectivity index (χ3n) is 5.26. The van der Waals surface area contributed by atoms with Gasteiger partial charge in [-0.1, -0.05) is 25.0 Å². The summed E-state index contributed by atoms with van der Waals surface area (Å²) in [5.74, 6) is 0.949. The Morgan fingerprint density at radius 2 is 1.79 bits per heavy atom. The summed E-state index contributed by atoms with van der Waals surface area (Å²) >= 11 is 0. The number of amides is 1. The number of hydrogen-bond donors (Lipinski definition) is 1. The predicted octanol–water partition coefficient (Wildman–Crippen LogP) is 1.87. The van der Waals surface area contributed by atoms with E-state index in [-0.39, 0.29) is 5.91 Å². The van der Waals surface area contributed by atoms with E-state index in [9.17, 15) is 4.79 Å². The van der Waals surface area contributed by atoms with Crippen LogP contribution in [0, 0.1) is 0 Å². The quantitative estimate of drug-likeness (QED) is 0.864. The summed E-state index contributed by atoms with van der Waals surface area (Å²) < 4.78 is 5.14. The minimum absolute atomic E-state index is 0.111. The van der Waals surface area contributed by atoms with Crippen molar-refractivity contribution in [2.24, 2.45) is 0 Å². The summed E-state index contributed by atoms with van der Waals surface area (Å²) in [4.78, 5) is 17.1. The Balaban J connectivity index is 1.36. The zero-order chi connectivity index (χ0) is 16.8. The van der Waals surface area contributed by atoms with Gasteiger partial charge in [0.2, 0.25) is 5.91 Å². The van der Waals surface area contributed by atoms with Crippen LogP contribution in [0.2, 0.25) is 0 Å². The van der Waals surface area contributed by atoms with Gasteiger partial charge in [0.25, 0.3) is 0 Å². The summed E-state index contributed by atoms with van der Waals surface area (Å²) in [6.07, 6.45) is 5.50. The third-order valence-corrected chi connectivity index (χ3v) is 5.26. The van der Waals surface area contributed by atoms with Gasteiger partial charge in [0.1, 0.15) is 5.75 Å². The number of ether oxygens (including phenoxy) is 1. The van der Waals surface area contributed by atoms with Crippen LogP contribution in [0.3, 0.4) is 0 Å². The van der Waals surface area contributed by atoms with Crippen LogP contribution in [-0.4, -0.2) is 61.6 Å². The van der Waals surface area contributed by atoms with E-state index in [4.69, 9.17) is 4.74 Å². The Morgan fingerprint density at radius 3 is 2.42 bits per heavy atom. The first-order valence-corrected chi connectivity index (χ1v) is 9.10. The van der Waals surface area contributed by atoms with Crippen LogP contribution in [0.5, 0.6) is 5.75 Å². The first-order valence-electron chi connectivity index (χ1n) is 9.10. The number of benzene rings is 1. The second-order valence-corrected chi connectivity index (χ2v) is 6.88. The van der Waals surface area contributed by atoms with E-state index in [1.165, 1.54) is 25.7 Å². The summed E-state index contributed by atoms with van der Waals surface area (Å²) in [5.41, 5.74) is 1.09. The molecule has 2 aliphatic rings. The van der Waals surface area contributed by atoms with Crippen molar-refractivity contribution in [2.75, 3.05) is 39.8 Å². The van der Waals surface area contributed by atoms with Gasteiger partial charge in [-0.2, -0.15) is 0 Å². The molecule has 1 heterocycles. The van der Waals surface area contributed by atoms with E-state index in [2.05, 4.69) is 15.1 Å². The Hall–Kier alpha value is -1.59. The molecule has 1 aliphatic carbocycles. The van der Waals surface area contributed by atoms with Crippen LogP contribution >= 0.6 is 0 Å². The summed E-state index contributed by atoms with van der Waals surface area (Å²) in [7, 11) is 1.66. The summed E-state index contributed by atoms with van der Waals surface area (Å²) in [5, 5.41) is 3.02. The molecule has 5 nitrogen and oxygen atoms in total. The van der Waals surface area contributed by atoms with E-state index in [1.807, 2.05) is 24.3 Å². The molecule has 0 bridgehead atoms. The maximum atomic E-state index is 12.2. The summed E-state index contributed by atoms with van der Waals surface area (Å²) in [6.45, 7) is 5.31. The highest BCUT2D eigenvalue weighted by atomic mass is 16.5. The molecule has 1 aromatic carbocycles. The summed E-state index contributed by atoms with van der Waals surface area (Å²) in [6, 6.07) is 8.61. The fourth-order valence-corrected chi connectivity index (χ4v) is 3.76. The minimum atomic E-state index is 0.111. The van der Waals surface area contributed by atoms with Crippen molar-refractivity contribution in [3.05, 3.63) is 29.8 Å². The van der Waals surface area contributed by atoms with Crippen LogP contribution in [0.1, 0.15) is 31.2 Å². The van der Waals surface area contributed by atoms with Crippen LogP contribution in [-0.2, 0) is 11.3 Å². The molecule has 3 rings (SSSR count). The zero-order valence-electron chi connectivity index (χ0n) is 14.7. The number of piperazine rings is 1. The molecule has 1 saturated heterocycles. The van der Waals surface area contributed by atoms with Gasteiger partial charge in [0.05, 0.1) is 13.7 Å². The molecule has 0 atom stereocenters. The SMILES string of the molecule is COc1ccc(CNC(=O)CN2CCN(C3CCCC3)CC2)cc1. The third kappa shape index (κ3) is 4.71. The lowest BCUT2D eigenvalue weighted by atomic mass is 10.2. The molecule has 24 heavy (non-hydrogen) atoms. The zero-order valence-corrected chi connectivity index (χ0v) is 14.7. The van der Waals surface area contributed by atoms with Crippen molar-refractivity contribution in [3.63, 3.8) is 0 Å². The maximum Gasteiger partial charge on any atom is 0.234 e. The van der Waals surface area contributed by atoms with Crippen molar-refractivity contribution in [3.8, 4) is 5.75 Å². The average Bonchev–Trinajstić information content (AvgIpc) is 3.16. The van der Waals surface area contributed by atoms with Crippen molar-refractivity contribution in [1.29, 1.82) is 0 Å². The van der Waals surface area contributed by atoms with Gasteiger partial charge in [0.15, 0.2) is 0 Å². The Labute approximate surface area is 145 Å². The normalized spacial score (nSPS) is 20.2. The van der Waals surface area contributed by atoms with Crippen molar-refractivity contribution >= 4 is 5.91 Å². The van der Waals surface area contributed by atoms with E-state index in [1.54, 1.807) is 7.11 Å². The van der Waals surface area contributed by atoms with Gasteiger partial charge in [-0.25, -0.2) is 0 Å². The Bertz CT molecular complexity index is 518. The van der Waals surface area contributed by atoms with Crippen LogP contribution < -0.4 is 10.1 Å². The molecule has 0 unspecified atom stereocenters. The maximum absolute atomic E-state index is 12.2. The number of rotatable bonds is 6. The van der Waals surface area contributed by atoms with Gasteiger partial charge in [-0.15, -0.1) is 0 Å². The van der Waals surface area contributed by atoms with Gasteiger partial charge in [-0.3, -0.25) is 14.6 Å². The molecule has 0 radical (unpaired) electrons. The van der Waals surface area contributed by atoms with Crippen LogP contribution in [0.4, 0.5) is 0 Å². The van der Waals surface area contributed by atoms with Crippen LogP contribution in [0.25, 0.3) is 0 Å². The van der Waals surface area contributed by atoms with Crippen molar-refractivity contribution < 1.29 is 9.53 Å². The van der Waals surface area contributed by atoms with E-state index < -0.39 is 0 Å². The van der Waals surface area contributed by atoms with Gasteiger partial charge >= 0.3 is 0 Å². The molecule has 1 aliphatic heterocycles. The molecule has 1 saturated carbocycles. The lowest BCUT2D eigenvalue weighted by Gasteiger charge is -2.37. The highest BCUT2D eigenvalue weighted by Gasteiger charge is 2.26. The number of hydrogen-bond acceptors (Lipinski definition) is 4. The van der Waals surface area contributed by atoms with Crippen molar-refractivity contribution in [2.45, 2.75) is 38.3 Å². The number of nitrogens with one attached hydrogen (secondary N) is 1.